The van der Waals surface area contributed by atoms with E-state index >= 15 is 0 Å². The number of hydrogen-bond acceptors (Lipinski definition) is 2. The van der Waals surface area contributed by atoms with Crippen molar-refractivity contribution in [3.8, 4) is 0 Å². The number of hydrogen-bond donors (Lipinski definition) is 2. The van der Waals surface area contributed by atoms with E-state index in [4.69, 9.17) is 5.11 Å². The van der Waals surface area contributed by atoms with Gasteiger partial charge in [0.15, 0.2) is 0 Å². The van der Waals surface area contributed by atoms with Crippen LogP contribution in [0.3, 0.4) is 0 Å². The van der Waals surface area contributed by atoms with Crippen molar-refractivity contribution >= 4 is 17.7 Å². The lowest BCUT2D eigenvalue weighted by Gasteiger charge is -2.19. The largest absolute Gasteiger partial charge is 0.481 e. The quantitative estimate of drug-likeness (QED) is 0.869. The van der Waals surface area contributed by atoms with E-state index in [0.29, 0.717) is 13.0 Å². The Morgan fingerprint density at radius 3 is 2.30 bits per heavy atom. The number of aryl methyl sites for hydroxylation is 2. The van der Waals surface area contributed by atoms with Gasteiger partial charge in [-0.2, -0.15) is 0 Å². The van der Waals surface area contributed by atoms with Crippen LogP contribution >= 0.6 is 0 Å². The van der Waals surface area contributed by atoms with E-state index in [-0.39, 0.29) is 6.03 Å². The molecule has 0 heterocycles. The molecular weight excluding hydrogens is 256 g/mol. The van der Waals surface area contributed by atoms with Gasteiger partial charge in [-0.1, -0.05) is 13.0 Å². The standard InChI is InChI=1S/C15H22N2O3/c1-10-7-11(2)9-13(8-10)17(4)15(20)16-6-5-12(3)14(18)19/h7-9,12H,5-6H2,1-4H3,(H,16,20)(H,18,19). The fraction of sp³-hybridized carbons (Fsp3) is 0.467. The van der Waals surface area contributed by atoms with Gasteiger partial charge in [0.2, 0.25) is 0 Å². The summed E-state index contributed by atoms with van der Waals surface area (Å²) in [6.45, 7) is 5.94. The Labute approximate surface area is 119 Å². The van der Waals surface area contributed by atoms with Crippen LogP contribution in [-0.2, 0) is 4.79 Å². The number of nitrogens with zero attached hydrogens (tertiary/aromatic N) is 1. The lowest BCUT2D eigenvalue weighted by molar-refractivity contribution is -0.141. The van der Waals surface area contributed by atoms with Gasteiger partial charge < -0.3 is 10.4 Å². The van der Waals surface area contributed by atoms with Crippen molar-refractivity contribution in [3.63, 3.8) is 0 Å². The Balaban J connectivity index is 2.56. The molecule has 1 aromatic rings. The zero-order valence-corrected chi connectivity index (χ0v) is 12.4. The monoisotopic (exact) mass is 278 g/mol. The van der Waals surface area contributed by atoms with E-state index in [1.54, 1.807) is 14.0 Å². The summed E-state index contributed by atoms with van der Waals surface area (Å²) in [6, 6.07) is 5.69. The van der Waals surface area contributed by atoms with Crippen LogP contribution in [0.4, 0.5) is 10.5 Å². The molecule has 1 rings (SSSR count). The van der Waals surface area contributed by atoms with Crippen LogP contribution in [0.5, 0.6) is 0 Å². The molecule has 1 atom stereocenters. The molecule has 0 saturated heterocycles. The van der Waals surface area contributed by atoms with E-state index in [0.717, 1.165) is 16.8 Å². The van der Waals surface area contributed by atoms with Crippen LogP contribution in [0.25, 0.3) is 0 Å². The van der Waals surface area contributed by atoms with Gasteiger partial charge in [-0.3, -0.25) is 9.69 Å². The Hall–Kier alpha value is -2.04. The highest BCUT2D eigenvalue weighted by Gasteiger charge is 2.14. The zero-order valence-electron chi connectivity index (χ0n) is 12.4. The van der Waals surface area contributed by atoms with E-state index in [1.165, 1.54) is 4.90 Å². The van der Waals surface area contributed by atoms with Crippen LogP contribution < -0.4 is 10.2 Å². The highest BCUT2D eigenvalue weighted by Crippen LogP contribution is 2.17. The second-order valence-corrected chi connectivity index (χ2v) is 5.16. The van der Waals surface area contributed by atoms with Crippen LogP contribution in [0.15, 0.2) is 18.2 Å². The van der Waals surface area contributed by atoms with Crippen LogP contribution in [-0.4, -0.2) is 30.7 Å². The summed E-state index contributed by atoms with van der Waals surface area (Å²) < 4.78 is 0. The van der Waals surface area contributed by atoms with Crippen molar-refractivity contribution in [2.24, 2.45) is 5.92 Å². The number of aliphatic carboxylic acids is 1. The molecule has 5 nitrogen and oxygen atoms in total. The van der Waals surface area contributed by atoms with Crippen molar-refractivity contribution < 1.29 is 14.7 Å². The molecule has 0 bridgehead atoms. The molecule has 0 aromatic heterocycles. The number of urea groups is 1. The van der Waals surface area contributed by atoms with Gasteiger partial charge in [0, 0.05) is 19.3 Å². The Bertz CT molecular complexity index is 480. The number of carbonyl (C=O) groups is 2. The van der Waals surface area contributed by atoms with Gasteiger partial charge in [0.1, 0.15) is 0 Å². The summed E-state index contributed by atoms with van der Waals surface area (Å²) in [5.41, 5.74) is 3.02. The number of amides is 2. The molecule has 0 aliphatic heterocycles. The van der Waals surface area contributed by atoms with Crippen LogP contribution in [0.1, 0.15) is 24.5 Å². The third-order valence-corrected chi connectivity index (χ3v) is 3.17. The first-order valence-corrected chi connectivity index (χ1v) is 6.64. The number of nitrogens with one attached hydrogen (secondary N) is 1. The van der Waals surface area contributed by atoms with Crippen molar-refractivity contribution in [2.75, 3.05) is 18.5 Å². The summed E-state index contributed by atoms with van der Waals surface area (Å²) in [5.74, 6) is -1.30. The molecule has 0 fully saturated rings. The maximum absolute atomic E-state index is 12.0. The second-order valence-electron chi connectivity index (χ2n) is 5.16. The molecule has 2 amide bonds. The predicted octanol–water partition coefficient (Wildman–Crippen LogP) is 2.56. The Morgan fingerprint density at radius 2 is 1.80 bits per heavy atom. The Morgan fingerprint density at radius 1 is 1.25 bits per heavy atom. The molecule has 0 spiro atoms. The minimum Gasteiger partial charge on any atom is -0.481 e. The maximum Gasteiger partial charge on any atom is 0.321 e. The van der Waals surface area contributed by atoms with E-state index < -0.39 is 11.9 Å². The van der Waals surface area contributed by atoms with Gasteiger partial charge in [-0.15, -0.1) is 0 Å². The minimum atomic E-state index is -0.845. The number of carboxylic acids is 1. The fourth-order valence-electron chi connectivity index (χ4n) is 1.90. The third-order valence-electron chi connectivity index (χ3n) is 3.17. The molecule has 1 unspecified atom stereocenters. The summed E-state index contributed by atoms with van der Waals surface area (Å²) in [4.78, 5) is 24.2. The summed E-state index contributed by atoms with van der Waals surface area (Å²) in [5, 5.41) is 11.5. The normalized spacial score (nSPS) is 11.8. The van der Waals surface area contributed by atoms with Crippen molar-refractivity contribution in [1.29, 1.82) is 0 Å². The average molecular weight is 278 g/mol. The molecule has 0 aliphatic carbocycles. The number of carbonyl (C=O) groups excluding carboxylic acids is 1. The van der Waals surface area contributed by atoms with E-state index in [1.807, 2.05) is 32.0 Å². The predicted molar refractivity (Wildman–Crippen MR) is 79.1 cm³/mol. The molecule has 2 N–H and O–H groups in total. The smallest absolute Gasteiger partial charge is 0.321 e. The van der Waals surface area contributed by atoms with Gasteiger partial charge in [-0.25, -0.2) is 4.79 Å². The van der Waals surface area contributed by atoms with Crippen LogP contribution in [0.2, 0.25) is 0 Å². The third kappa shape index (κ3) is 4.57. The lowest BCUT2D eigenvalue weighted by atomic mass is 10.1. The molecule has 0 saturated carbocycles. The highest BCUT2D eigenvalue weighted by atomic mass is 16.4. The maximum atomic E-state index is 12.0. The van der Waals surface area contributed by atoms with Crippen LogP contribution in [0, 0.1) is 19.8 Å². The molecule has 20 heavy (non-hydrogen) atoms. The lowest BCUT2D eigenvalue weighted by Crippen LogP contribution is -2.38. The van der Waals surface area contributed by atoms with Gasteiger partial charge >= 0.3 is 12.0 Å². The number of anilines is 1. The molecular formula is C15H22N2O3. The molecule has 0 radical (unpaired) electrons. The highest BCUT2D eigenvalue weighted by molar-refractivity contribution is 5.91. The van der Waals surface area contributed by atoms with Crippen molar-refractivity contribution in [2.45, 2.75) is 27.2 Å². The molecule has 0 aliphatic rings. The summed E-state index contributed by atoms with van der Waals surface area (Å²) in [6.07, 6.45) is 0.418. The summed E-state index contributed by atoms with van der Waals surface area (Å²) in [7, 11) is 1.70. The van der Waals surface area contributed by atoms with Gasteiger partial charge in [0.05, 0.1) is 5.92 Å². The SMILES string of the molecule is Cc1cc(C)cc(N(C)C(=O)NCCC(C)C(=O)O)c1. The second kappa shape index (κ2) is 6.93. The molecule has 5 heteroatoms. The number of carboxylic acid groups (broad SMARTS) is 1. The van der Waals surface area contributed by atoms with Gasteiger partial charge in [0.25, 0.3) is 0 Å². The Kier molecular flexibility index (Phi) is 5.55. The van der Waals surface area contributed by atoms with E-state index in [2.05, 4.69) is 5.32 Å². The van der Waals surface area contributed by atoms with Gasteiger partial charge in [-0.05, 0) is 43.5 Å². The number of rotatable bonds is 5. The van der Waals surface area contributed by atoms with Crippen molar-refractivity contribution in [1.82, 2.24) is 5.32 Å². The summed E-state index contributed by atoms with van der Waals surface area (Å²) >= 11 is 0. The topological polar surface area (TPSA) is 69.6 Å². The molecule has 110 valence electrons. The first kappa shape index (κ1) is 16.0. The van der Waals surface area contributed by atoms with E-state index in [9.17, 15) is 9.59 Å². The average Bonchev–Trinajstić information content (AvgIpc) is 2.36. The minimum absolute atomic E-state index is 0.229. The zero-order chi connectivity index (χ0) is 15.3. The fourth-order valence-corrected chi connectivity index (χ4v) is 1.90. The van der Waals surface area contributed by atoms with Crippen molar-refractivity contribution in [3.05, 3.63) is 29.3 Å². The molecule has 1 aromatic carbocycles. The first-order valence-electron chi connectivity index (χ1n) is 6.64. The number of benzene rings is 1. The first-order chi connectivity index (χ1) is 9.31.